The van der Waals surface area contributed by atoms with E-state index in [-0.39, 0.29) is 11.0 Å². The van der Waals surface area contributed by atoms with Gasteiger partial charge in [-0.2, -0.15) is 8.42 Å². The van der Waals surface area contributed by atoms with E-state index in [1.165, 1.54) is 12.8 Å². The van der Waals surface area contributed by atoms with Crippen molar-refractivity contribution in [3.8, 4) is 0 Å². The highest BCUT2D eigenvalue weighted by molar-refractivity contribution is 7.86. The van der Waals surface area contributed by atoms with Crippen molar-refractivity contribution < 1.29 is 12.6 Å². The van der Waals surface area contributed by atoms with E-state index in [0.717, 1.165) is 42.7 Å². The summed E-state index contributed by atoms with van der Waals surface area (Å²) in [5, 5.41) is 0. The van der Waals surface area contributed by atoms with Gasteiger partial charge in [0.25, 0.3) is 10.1 Å². The minimum atomic E-state index is -3.63. The van der Waals surface area contributed by atoms with Crippen LogP contribution in [0.2, 0.25) is 0 Å². The van der Waals surface area contributed by atoms with Crippen molar-refractivity contribution in [2.45, 2.75) is 70.3 Å². The second kappa shape index (κ2) is 6.93. The average molecular weight is 310 g/mol. The zero-order valence-electron chi connectivity index (χ0n) is 13.3. The van der Waals surface area contributed by atoms with Crippen LogP contribution < -0.4 is 0 Å². The van der Waals surface area contributed by atoms with Crippen LogP contribution in [0, 0.1) is 19.8 Å². The molecule has 0 amide bonds. The topological polar surface area (TPSA) is 43.4 Å². The van der Waals surface area contributed by atoms with Gasteiger partial charge in [0, 0.05) is 0 Å². The quantitative estimate of drug-likeness (QED) is 0.759. The molecule has 0 heterocycles. The molecule has 1 saturated carbocycles. The van der Waals surface area contributed by atoms with Gasteiger partial charge in [0.2, 0.25) is 0 Å². The lowest BCUT2D eigenvalue weighted by Gasteiger charge is -2.27. The molecule has 118 valence electrons. The Kier molecular flexibility index (Phi) is 5.44. The first-order valence-electron chi connectivity index (χ1n) is 7.93. The van der Waals surface area contributed by atoms with Gasteiger partial charge in [-0.05, 0) is 68.7 Å². The molecule has 0 spiro atoms. The third-order valence-corrected chi connectivity index (χ3v) is 5.88. The summed E-state index contributed by atoms with van der Waals surface area (Å²) in [6, 6.07) is 5.18. The molecule has 0 aromatic heterocycles. The lowest BCUT2D eigenvalue weighted by Crippen LogP contribution is -2.24. The van der Waals surface area contributed by atoms with Crippen LogP contribution >= 0.6 is 0 Å². The molecule has 3 nitrogen and oxygen atoms in total. The third-order valence-electron chi connectivity index (χ3n) is 4.52. The van der Waals surface area contributed by atoms with Crippen LogP contribution in [0.25, 0.3) is 0 Å². The van der Waals surface area contributed by atoms with Gasteiger partial charge in [0.05, 0.1) is 11.0 Å². The fourth-order valence-corrected chi connectivity index (χ4v) is 4.25. The van der Waals surface area contributed by atoms with Crippen LogP contribution in [0.1, 0.15) is 56.6 Å². The van der Waals surface area contributed by atoms with Crippen LogP contribution in [0.5, 0.6) is 0 Å². The van der Waals surface area contributed by atoms with E-state index in [2.05, 4.69) is 6.92 Å². The normalized spacial score (nSPS) is 23.2. The van der Waals surface area contributed by atoms with Gasteiger partial charge in [-0.25, -0.2) is 0 Å². The van der Waals surface area contributed by atoms with Crippen LogP contribution in [-0.4, -0.2) is 14.5 Å². The first-order valence-corrected chi connectivity index (χ1v) is 9.33. The zero-order valence-corrected chi connectivity index (χ0v) is 14.1. The molecule has 1 fully saturated rings. The van der Waals surface area contributed by atoms with E-state index in [1.807, 2.05) is 19.9 Å². The molecule has 1 aromatic rings. The van der Waals surface area contributed by atoms with Gasteiger partial charge in [-0.15, -0.1) is 0 Å². The highest BCUT2D eigenvalue weighted by Gasteiger charge is 2.26. The second-order valence-electron chi connectivity index (χ2n) is 6.23. The highest BCUT2D eigenvalue weighted by Crippen LogP contribution is 2.31. The van der Waals surface area contributed by atoms with Gasteiger partial charge < -0.3 is 0 Å². The smallest absolute Gasteiger partial charge is 0.263 e. The fourth-order valence-electron chi connectivity index (χ4n) is 3.03. The molecule has 0 radical (unpaired) electrons. The third kappa shape index (κ3) is 4.30. The van der Waals surface area contributed by atoms with Gasteiger partial charge in [-0.3, -0.25) is 4.18 Å². The van der Waals surface area contributed by atoms with E-state index in [9.17, 15) is 8.42 Å². The number of hydrogen-bond acceptors (Lipinski definition) is 3. The number of benzene rings is 1. The predicted molar refractivity (Wildman–Crippen MR) is 84.8 cm³/mol. The Morgan fingerprint density at radius 2 is 1.76 bits per heavy atom. The minimum absolute atomic E-state index is 0.148. The Hall–Kier alpha value is -0.870. The van der Waals surface area contributed by atoms with E-state index in [1.54, 1.807) is 12.1 Å². The maximum Gasteiger partial charge on any atom is 0.297 e. The van der Waals surface area contributed by atoms with E-state index in [4.69, 9.17) is 4.18 Å². The van der Waals surface area contributed by atoms with Gasteiger partial charge in [0.15, 0.2) is 0 Å². The largest absolute Gasteiger partial charge is 0.297 e. The molecular formula is C17H26O3S. The lowest BCUT2D eigenvalue weighted by atomic mass is 9.85. The molecule has 0 N–H and O–H groups in total. The molecule has 0 atom stereocenters. The Labute approximate surface area is 128 Å². The predicted octanol–water partition coefficient (Wildman–Crippen LogP) is 4.37. The van der Waals surface area contributed by atoms with Crippen molar-refractivity contribution in [3.63, 3.8) is 0 Å². The minimum Gasteiger partial charge on any atom is -0.263 e. The van der Waals surface area contributed by atoms with Crippen molar-refractivity contribution in [2.24, 2.45) is 5.92 Å². The first kappa shape index (κ1) is 16.5. The monoisotopic (exact) mass is 310 g/mol. The summed E-state index contributed by atoms with van der Waals surface area (Å²) < 4.78 is 30.2. The van der Waals surface area contributed by atoms with Gasteiger partial charge >= 0.3 is 0 Å². The van der Waals surface area contributed by atoms with E-state index < -0.39 is 10.1 Å². The first-order chi connectivity index (χ1) is 9.92. The lowest BCUT2D eigenvalue weighted by molar-refractivity contribution is 0.134. The van der Waals surface area contributed by atoms with Crippen molar-refractivity contribution >= 4 is 10.1 Å². The zero-order chi connectivity index (χ0) is 15.5. The Bertz CT molecular complexity index is 570. The second-order valence-corrected chi connectivity index (χ2v) is 7.80. The summed E-state index contributed by atoms with van der Waals surface area (Å²) in [4.78, 5) is 0.279. The molecule has 0 aliphatic heterocycles. The van der Waals surface area contributed by atoms with Gasteiger partial charge in [-0.1, -0.05) is 25.8 Å². The number of aryl methyl sites for hydroxylation is 2. The summed E-state index contributed by atoms with van der Waals surface area (Å²) in [7, 11) is -3.63. The Morgan fingerprint density at radius 1 is 1.10 bits per heavy atom. The highest BCUT2D eigenvalue weighted by atomic mass is 32.2. The van der Waals surface area contributed by atoms with Crippen molar-refractivity contribution in [3.05, 3.63) is 29.3 Å². The van der Waals surface area contributed by atoms with Crippen molar-refractivity contribution in [1.82, 2.24) is 0 Å². The van der Waals surface area contributed by atoms with Crippen molar-refractivity contribution in [2.75, 3.05) is 0 Å². The fraction of sp³-hybridized carbons (Fsp3) is 0.647. The summed E-state index contributed by atoms with van der Waals surface area (Å²) in [6.45, 7) is 6.10. The van der Waals surface area contributed by atoms with Crippen molar-refractivity contribution in [1.29, 1.82) is 0 Å². The number of hydrogen-bond donors (Lipinski definition) is 0. The maximum atomic E-state index is 12.3. The molecule has 0 saturated heterocycles. The van der Waals surface area contributed by atoms with E-state index in [0.29, 0.717) is 0 Å². The Morgan fingerprint density at radius 3 is 2.33 bits per heavy atom. The molecule has 0 unspecified atom stereocenters. The molecular weight excluding hydrogens is 284 g/mol. The van der Waals surface area contributed by atoms with Gasteiger partial charge in [0.1, 0.15) is 0 Å². The summed E-state index contributed by atoms with van der Waals surface area (Å²) in [5.74, 6) is 0.749. The van der Waals surface area contributed by atoms with E-state index >= 15 is 0 Å². The molecule has 1 aromatic carbocycles. The van der Waals surface area contributed by atoms with Crippen LogP contribution in [0.4, 0.5) is 0 Å². The van der Waals surface area contributed by atoms with Crippen LogP contribution in [-0.2, 0) is 14.3 Å². The maximum absolute atomic E-state index is 12.3. The summed E-state index contributed by atoms with van der Waals surface area (Å²) in [6.07, 6.45) is 6.18. The average Bonchev–Trinajstić information content (AvgIpc) is 2.44. The number of rotatable bonds is 5. The molecule has 1 aliphatic carbocycles. The van der Waals surface area contributed by atoms with Crippen LogP contribution in [0.3, 0.4) is 0 Å². The molecule has 4 heteroatoms. The molecule has 21 heavy (non-hydrogen) atoms. The molecule has 0 bridgehead atoms. The standard InChI is InChI=1S/C17H26O3S/c1-4-5-15-7-9-16(10-8-15)20-21(18,19)17-11-6-13(2)14(3)12-17/h6,11-12,15-16H,4-5,7-10H2,1-3H3. The molecule has 1 aliphatic rings. The SMILES string of the molecule is CCCC1CCC(OS(=O)(=O)c2ccc(C)c(C)c2)CC1. The molecule has 2 rings (SSSR count). The Balaban J connectivity index is 2.00. The van der Waals surface area contributed by atoms with Crippen LogP contribution in [0.15, 0.2) is 23.1 Å². The summed E-state index contributed by atoms with van der Waals surface area (Å²) >= 11 is 0. The summed E-state index contributed by atoms with van der Waals surface area (Å²) in [5.41, 5.74) is 2.07.